The molecular weight excluding hydrogens is 298 g/mol. The molecule has 6 heteroatoms. The summed E-state index contributed by atoms with van der Waals surface area (Å²) in [7, 11) is 1.52. The number of carbonyl (C=O) groups is 2. The van der Waals surface area contributed by atoms with Crippen LogP contribution in [-0.2, 0) is 9.53 Å². The lowest BCUT2D eigenvalue weighted by atomic mass is 10.2. The Balaban J connectivity index is 2.61. The van der Waals surface area contributed by atoms with Crippen molar-refractivity contribution < 1.29 is 23.8 Å². The number of hydrogen-bond donors (Lipinski definition) is 1. The zero-order valence-corrected chi connectivity index (χ0v) is 14.3. The number of benzene rings is 1. The molecule has 0 aliphatic carbocycles. The van der Waals surface area contributed by atoms with Gasteiger partial charge in [0.05, 0.1) is 25.7 Å². The van der Waals surface area contributed by atoms with Gasteiger partial charge in [-0.15, -0.1) is 0 Å². The number of hydrogen-bond acceptors (Lipinski definition) is 5. The van der Waals surface area contributed by atoms with Crippen molar-refractivity contribution in [3.05, 3.63) is 23.8 Å². The van der Waals surface area contributed by atoms with Crippen LogP contribution in [0.5, 0.6) is 11.5 Å². The average molecular weight is 323 g/mol. The summed E-state index contributed by atoms with van der Waals surface area (Å²) in [5.74, 6) is 0.459. The van der Waals surface area contributed by atoms with Gasteiger partial charge in [0.25, 0.3) is 5.91 Å². The van der Waals surface area contributed by atoms with Crippen molar-refractivity contribution in [3.8, 4) is 11.5 Å². The molecule has 0 aromatic heterocycles. The second-order valence-corrected chi connectivity index (χ2v) is 5.58. The van der Waals surface area contributed by atoms with Crippen LogP contribution in [0.2, 0.25) is 0 Å². The minimum Gasteiger partial charge on any atom is -0.493 e. The van der Waals surface area contributed by atoms with Crippen LogP contribution in [0, 0.1) is 0 Å². The van der Waals surface area contributed by atoms with Crippen LogP contribution in [0.1, 0.15) is 44.5 Å². The highest BCUT2D eigenvalue weighted by atomic mass is 16.5. The Morgan fingerprint density at radius 1 is 1.09 bits per heavy atom. The van der Waals surface area contributed by atoms with Gasteiger partial charge in [-0.1, -0.05) is 0 Å². The summed E-state index contributed by atoms with van der Waals surface area (Å²) in [5, 5.41) is 2.68. The van der Waals surface area contributed by atoms with E-state index in [1.807, 2.05) is 13.8 Å². The van der Waals surface area contributed by atoms with Crippen LogP contribution in [-0.4, -0.2) is 37.7 Å². The number of methoxy groups -OCH3 is 1. The molecule has 0 aliphatic rings. The lowest BCUT2D eigenvalue weighted by Crippen LogP contribution is -2.27. The lowest BCUT2D eigenvalue weighted by Gasteiger charge is -2.14. The molecule has 0 atom stereocenters. The quantitative estimate of drug-likeness (QED) is 0.744. The molecule has 128 valence electrons. The first kappa shape index (κ1) is 18.8. The summed E-state index contributed by atoms with van der Waals surface area (Å²) in [6, 6.07) is 4.96. The molecule has 1 amide bonds. The van der Waals surface area contributed by atoms with Gasteiger partial charge in [0, 0.05) is 12.1 Å². The first-order chi connectivity index (χ1) is 10.8. The van der Waals surface area contributed by atoms with Crippen molar-refractivity contribution in [2.45, 2.75) is 46.3 Å². The Labute approximate surface area is 137 Å². The molecule has 0 saturated heterocycles. The van der Waals surface area contributed by atoms with Gasteiger partial charge in [-0.3, -0.25) is 9.59 Å². The monoisotopic (exact) mass is 323 g/mol. The van der Waals surface area contributed by atoms with E-state index >= 15 is 0 Å². The number of carbonyl (C=O) groups excluding carboxylic acids is 2. The van der Waals surface area contributed by atoms with Gasteiger partial charge in [0.15, 0.2) is 11.5 Å². The zero-order valence-electron chi connectivity index (χ0n) is 14.3. The minimum absolute atomic E-state index is 0.00976. The van der Waals surface area contributed by atoms with Crippen molar-refractivity contribution in [1.29, 1.82) is 0 Å². The third-order valence-corrected chi connectivity index (χ3v) is 2.77. The number of nitrogens with one attached hydrogen (secondary N) is 1. The van der Waals surface area contributed by atoms with E-state index in [2.05, 4.69) is 5.32 Å². The highest BCUT2D eigenvalue weighted by Gasteiger charge is 2.13. The smallest absolute Gasteiger partial charge is 0.307 e. The Hall–Kier alpha value is -2.24. The summed E-state index contributed by atoms with van der Waals surface area (Å²) in [5.41, 5.74) is 0.440. The Bertz CT molecular complexity index is 540. The molecule has 0 fully saturated rings. The van der Waals surface area contributed by atoms with Gasteiger partial charge < -0.3 is 19.5 Å². The molecule has 0 spiro atoms. The molecule has 0 aliphatic heterocycles. The zero-order chi connectivity index (χ0) is 17.4. The maximum atomic E-state index is 12.1. The number of ether oxygens (including phenoxy) is 3. The second-order valence-electron chi connectivity index (χ2n) is 5.58. The van der Waals surface area contributed by atoms with Crippen molar-refractivity contribution in [1.82, 2.24) is 5.32 Å². The maximum Gasteiger partial charge on any atom is 0.307 e. The Morgan fingerprint density at radius 3 is 2.35 bits per heavy atom. The second kappa shape index (κ2) is 9.02. The summed E-state index contributed by atoms with van der Waals surface area (Å²) in [6.07, 6.45) is -0.0122. The Morgan fingerprint density at radius 2 is 1.78 bits per heavy atom. The van der Waals surface area contributed by atoms with Crippen LogP contribution in [0.25, 0.3) is 0 Å². The molecule has 0 radical (unpaired) electrons. The van der Waals surface area contributed by atoms with E-state index in [4.69, 9.17) is 14.2 Å². The SMILES string of the molecule is COc1cc(C(=O)NCCC(=O)OC(C)C)ccc1OC(C)C. The highest BCUT2D eigenvalue weighted by molar-refractivity contribution is 5.95. The molecule has 1 N–H and O–H groups in total. The van der Waals surface area contributed by atoms with Crippen molar-refractivity contribution in [3.63, 3.8) is 0 Å². The number of esters is 1. The molecule has 23 heavy (non-hydrogen) atoms. The third-order valence-electron chi connectivity index (χ3n) is 2.77. The first-order valence-electron chi connectivity index (χ1n) is 7.65. The number of amides is 1. The van der Waals surface area contributed by atoms with Crippen molar-refractivity contribution in [2.24, 2.45) is 0 Å². The summed E-state index contributed by atoms with van der Waals surface area (Å²) in [6.45, 7) is 7.61. The third kappa shape index (κ3) is 6.59. The highest BCUT2D eigenvalue weighted by Crippen LogP contribution is 2.28. The van der Waals surface area contributed by atoms with Gasteiger partial charge >= 0.3 is 5.97 Å². The molecule has 0 bridgehead atoms. The Kier molecular flexibility index (Phi) is 7.38. The molecule has 6 nitrogen and oxygen atoms in total. The fraction of sp³-hybridized carbons (Fsp3) is 0.529. The van der Waals surface area contributed by atoms with E-state index in [-0.39, 0.29) is 37.0 Å². The van der Waals surface area contributed by atoms with Crippen LogP contribution >= 0.6 is 0 Å². The van der Waals surface area contributed by atoms with Crippen molar-refractivity contribution in [2.75, 3.05) is 13.7 Å². The van der Waals surface area contributed by atoms with E-state index in [0.29, 0.717) is 17.1 Å². The first-order valence-corrected chi connectivity index (χ1v) is 7.65. The van der Waals surface area contributed by atoms with Crippen LogP contribution in [0.15, 0.2) is 18.2 Å². The fourth-order valence-electron chi connectivity index (χ4n) is 1.86. The van der Waals surface area contributed by atoms with Crippen LogP contribution in [0.4, 0.5) is 0 Å². The van der Waals surface area contributed by atoms with E-state index in [1.165, 1.54) is 7.11 Å². The molecule has 0 saturated carbocycles. The molecule has 0 unspecified atom stereocenters. The summed E-state index contributed by atoms with van der Waals surface area (Å²) >= 11 is 0. The normalized spacial score (nSPS) is 10.6. The largest absolute Gasteiger partial charge is 0.493 e. The topological polar surface area (TPSA) is 73.9 Å². The van der Waals surface area contributed by atoms with E-state index in [9.17, 15) is 9.59 Å². The fourth-order valence-corrected chi connectivity index (χ4v) is 1.86. The van der Waals surface area contributed by atoms with E-state index in [1.54, 1.807) is 32.0 Å². The van der Waals surface area contributed by atoms with Crippen LogP contribution in [0.3, 0.4) is 0 Å². The number of rotatable bonds is 8. The predicted molar refractivity (Wildman–Crippen MR) is 86.9 cm³/mol. The molecule has 0 heterocycles. The minimum atomic E-state index is -0.335. The van der Waals surface area contributed by atoms with Gasteiger partial charge in [-0.25, -0.2) is 0 Å². The van der Waals surface area contributed by atoms with E-state index < -0.39 is 0 Å². The van der Waals surface area contributed by atoms with Gasteiger partial charge in [-0.2, -0.15) is 0 Å². The molecule has 1 aromatic rings. The standard InChI is InChI=1S/C17H25NO5/c1-11(2)22-14-7-6-13(10-15(14)21-5)17(20)18-9-8-16(19)23-12(3)4/h6-7,10-12H,8-9H2,1-5H3,(H,18,20). The summed E-state index contributed by atoms with van der Waals surface area (Å²) in [4.78, 5) is 23.5. The van der Waals surface area contributed by atoms with Gasteiger partial charge in [0.1, 0.15) is 0 Å². The van der Waals surface area contributed by atoms with E-state index in [0.717, 1.165) is 0 Å². The van der Waals surface area contributed by atoms with Crippen molar-refractivity contribution >= 4 is 11.9 Å². The summed E-state index contributed by atoms with van der Waals surface area (Å²) < 4.78 is 15.8. The van der Waals surface area contributed by atoms with Gasteiger partial charge in [-0.05, 0) is 45.9 Å². The van der Waals surface area contributed by atoms with Crippen LogP contribution < -0.4 is 14.8 Å². The molecule has 1 aromatic carbocycles. The molecular formula is C17H25NO5. The lowest BCUT2D eigenvalue weighted by molar-refractivity contribution is -0.147. The molecule has 1 rings (SSSR count). The average Bonchev–Trinajstić information content (AvgIpc) is 2.46. The predicted octanol–water partition coefficient (Wildman–Crippen LogP) is 2.55. The van der Waals surface area contributed by atoms with Gasteiger partial charge in [0.2, 0.25) is 0 Å². The maximum absolute atomic E-state index is 12.1.